The first kappa shape index (κ1) is 24.6. The van der Waals surface area contributed by atoms with Gasteiger partial charge in [0, 0.05) is 47.2 Å². The van der Waals surface area contributed by atoms with E-state index in [4.69, 9.17) is 15.2 Å². The van der Waals surface area contributed by atoms with Crippen LogP contribution in [0.2, 0.25) is 0 Å². The number of aromatic nitrogens is 5. The predicted molar refractivity (Wildman–Crippen MR) is 141 cm³/mol. The lowest BCUT2D eigenvalue weighted by atomic mass is 10.1. The van der Waals surface area contributed by atoms with Crippen molar-refractivity contribution in [1.82, 2.24) is 29.9 Å². The summed E-state index contributed by atoms with van der Waals surface area (Å²) in [4.78, 5) is 36.9. The molecule has 0 aliphatic carbocycles. The zero-order valence-corrected chi connectivity index (χ0v) is 21.2. The lowest BCUT2D eigenvalue weighted by molar-refractivity contribution is 0.0948. The second kappa shape index (κ2) is 10.5. The number of hydrogen-bond donors (Lipinski definition) is 3. The summed E-state index contributed by atoms with van der Waals surface area (Å²) in [6, 6.07) is 10.6. The van der Waals surface area contributed by atoms with Gasteiger partial charge in [0.05, 0.1) is 24.6 Å². The normalized spacial score (nSPS) is 10.8. The predicted octanol–water partition coefficient (Wildman–Crippen LogP) is 3.70. The number of rotatable bonds is 8. The summed E-state index contributed by atoms with van der Waals surface area (Å²) in [5, 5.41) is 12.6. The van der Waals surface area contributed by atoms with Gasteiger partial charge in [-0.15, -0.1) is 11.3 Å². The number of primary amides is 1. The van der Waals surface area contributed by atoms with E-state index >= 15 is 0 Å². The van der Waals surface area contributed by atoms with Crippen molar-refractivity contribution >= 4 is 40.5 Å². The van der Waals surface area contributed by atoms with Crippen molar-refractivity contribution in [2.75, 3.05) is 12.4 Å². The van der Waals surface area contributed by atoms with Gasteiger partial charge in [-0.05, 0) is 30.7 Å². The quantitative estimate of drug-likeness (QED) is 0.272. The molecule has 4 N–H and O–H groups in total. The van der Waals surface area contributed by atoms with Gasteiger partial charge in [0.15, 0.2) is 16.5 Å². The molecule has 4 heterocycles. The summed E-state index contributed by atoms with van der Waals surface area (Å²) >= 11 is 1.22. The highest BCUT2D eigenvalue weighted by atomic mass is 32.1. The Labute approximate surface area is 220 Å². The molecule has 5 rings (SSSR count). The Morgan fingerprint density at radius 2 is 1.97 bits per heavy atom. The number of hydrogen-bond acceptors (Lipinski definition) is 10. The number of nitrogens with zero attached hydrogens (tertiary/aromatic N) is 5. The molecule has 0 unspecified atom stereocenters. The highest BCUT2D eigenvalue weighted by molar-refractivity contribution is 7.12. The van der Waals surface area contributed by atoms with Gasteiger partial charge in [0.2, 0.25) is 0 Å². The second-order valence-electron chi connectivity index (χ2n) is 8.09. The number of methoxy groups -OCH3 is 1. The maximum absolute atomic E-state index is 12.8. The minimum absolute atomic E-state index is 0.272. The van der Waals surface area contributed by atoms with Crippen molar-refractivity contribution in [3.05, 3.63) is 77.3 Å². The number of amides is 2. The topological polar surface area (TPSA) is 159 Å². The minimum atomic E-state index is -0.885. The number of anilines is 2. The summed E-state index contributed by atoms with van der Waals surface area (Å²) < 4.78 is 12.0. The number of benzene rings is 1. The third-order valence-electron chi connectivity index (χ3n) is 5.51. The van der Waals surface area contributed by atoms with Crippen LogP contribution in [0.1, 0.15) is 21.6 Å². The highest BCUT2D eigenvalue weighted by Crippen LogP contribution is 2.32. The van der Waals surface area contributed by atoms with Gasteiger partial charge in [-0.1, -0.05) is 6.07 Å². The number of aryl methyl sites for hydroxylation is 1. The molecule has 5 aromatic rings. The monoisotopic (exact) mass is 530 g/mol. The van der Waals surface area contributed by atoms with Crippen LogP contribution in [0.15, 0.2) is 60.5 Å². The van der Waals surface area contributed by atoms with Gasteiger partial charge >= 0.3 is 6.09 Å². The van der Waals surface area contributed by atoms with Crippen LogP contribution in [-0.2, 0) is 6.54 Å². The van der Waals surface area contributed by atoms with Crippen LogP contribution in [0.3, 0.4) is 0 Å². The fourth-order valence-corrected chi connectivity index (χ4v) is 4.44. The molecule has 0 saturated carbocycles. The molecule has 12 nitrogen and oxygen atoms in total. The number of thiophene rings is 1. The molecule has 0 aliphatic heterocycles. The van der Waals surface area contributed by atoms with E-state index in [1.807, 2.05) is 19.1 Å². The van der Waals surface area contributed by atoms with E-state index in [0.29, 0.717) is 45.8 Å². The fourth-order valence-electron chi connectivity index (χ4n) is 3.68. The number of pyridine rings is 1. The molecule has 0 atom stereocenters. The summed E-state index contributed by atoms with van der Waals surface area (Å²) in [7, 11) is 1.50. The second-order valence-corrected chi connectivity index (χ2v) is 8.97. The van der Waals surface area contributed by atoms with Gasteiger partial charge in [0.25, 0.3) is 5.91 Å². The number of nitrogens with one attached hydrogen (secondary N) is 2. The maximum Gasteiger partial charge on any atom is 0.410 e. The lowest BCUT2D eigenvalue weighted by Crippen LogP contribution is -2.23. The van der Waals surface area contributed by atoms with Crippen LogP contribution in [0.5, 0.6) is 10.8 Å². The van der Waals surface area contributed by atoms with Gasteiger partial charge in [-0.3, -0.25) is 9.78 Å². The number of ether oxygens (including phenoxy) is 2. The highest BCUT2D eigenvalue weighted by Gasteiger charge is 2.16. The van der Waals surface area contributed by atoms with Crippen LogP contribution in [0.25, 0.3) is 16.9 Å². The van der Waals surface area contributed by atoms with Crippen LogP contribution in [0, 0.1) is 6.92 Å². The Morgan fingerprint density at radius 3 is 2.74 bits per heavy atom. The van der Waals surface area contributed by atoms with Gasteiger partial charge in [0.1, 0.15) is 12.1 Å². The largest absolute Gasteiger partial charge is 0.496 e. The first-order valence-corrected chi connectivity index (χ1v) is 12.2. The Hall–Kier alpha value is -5.04. The molecule has 0 fully saturated rings. The van der Waals surface area contributed by atoms with Crippen LogP contribution in [0.4, 0.5) is 16.3 Å². The maximum atomic E-state index is 12.8. The third-order valence-corrected chi connectivity index (χ3v) is 6.32. The molecule has 1 aromatic carbocycles. The Balaban J connectivity index is 1.35. The third kappa shape index (κ3) is 5.22. The number of fused-ring (bicyclic) bond motifs is 1. The number of carbonyl (C=O) groups excluding carboxylic acids is 2. The molecular weight excluding hydrogens is 508 g/mol. The SMILES string of the molecule is COc1cc(Nc2ncc(-c3csc(OC(N)=O)c3)n3ncnc23)ccc1C(=O)NCc1ccc(C)nc1. The van der Waals surface area contributed by atoms with Crippen molar-refractivity contribution in [3.63, 3.8) is 0 Å². The van der Waals surface area contributed by atoms with Crippen molar-refractivity contribution in [2.45, 2.75) is 13.5 Å². The molecule has 0 spiro atoms. The number of nitrogens with two attached hydrogens (primary N) is 1. The Kier molecular flexibility index (Phi) is 6.82. The van der Waals surface area contributed by atoms with Crippen LogP contribution < -0.4 is 25.8 Å². The minimum Gasteiger partial charge on any atom is -0.496 e. The molecule has 2 amide bonds. The van der Waals surface area contributed by atoms with E-state index in [1.165, 1.54) is 24.8 Å². The summed E-state index contributed by atoms with van der Waals surface area (Å²) in [6.07, 6.45) is 3.88. The smallest absolute Gasteiger partial charge is 0.410 e. The van der Waals surface area contributed by atoms with Crippen molar-refractivity contribution < 1.29 is 19.1 Å². The molecule has 0 bridgehead atoms. The average molecular weight is 531 g/mol. The van der Waals surface area contributed by atoms with E-state index in [-0.39, 0.29) is 5.91 Å². The lowest BCUT2D eigenvalue weighted by Gasteiger charge is -2.13. The van der Waals surface area contributed by atoms with E-state index < -0.39 is 6.09 Å². The zero-order valence-electron chi connectivity index (χ0n) is 20.3. The van der Waals surface area contributed by atoms with Gasteiger partial charge in [-0.25, -0.2) is 19.3 Å². The van der Waals surface area contributed by atoms with E-state index in [0.717, 1.165) is 16.8 Å². The summed E-state index contributed by atoms with van der Waals surface area (Å²) in [5.74, 6) is 0.567. The summed E-state index contributed by atoms with van der Waals surface area (Å²) in [5.41, 5.74) is 9.78. The molecule has 0 saturated heterocycles. The van der Waals surface area contributed by atoms with Gasteiger partial charge < -0.3 is 25.8 Å². The van der Waals surface area contributed by atoms with Crippen LogP contribution in [-0.4, -0.2) is 43.7 Å². The Bertz CT molecular complexity index is 1630. The molecule has 0 aliphatic rings. The average Bonchev–Trinajstić information content (AvgIpc) is 3.58. The van der Waals surface area contributed by atoms with Crippen molar-refractivity contribution in [2.24, 2.45) is 5.73 Å². The van der Waals surface area contributed by atoms with Crippen LogP contribution >= 0.6 is 11.3 Å². The number of carbonyl (C=O) groups is 2. The fraction of sp³-hybridized carbons (Fsp3) is 0.120. The Morgan fingerprint density at radius 1 is 1.11 bits per heavy atom. The van der Waals surface area contributed by atoms with Gasteiger partial charge in [-0.2, -0.15) is 5.10 Å². The van der Waals surface area contributed by atoms with E-state index in [1.54, 1.807) is 46.6 Å². The molecule has 13 heteroatoms. The summed E-state index contributed by atoms with van der Waals surface area (Å²) in [6.45, 7) is 2.25. The first-order chi connectivity index (χ1) is 18.4. The molecule has 192 valence electrons. The zero-order chi connectivity index (χ0) is 26.6. The molecule has 0 radical (unpaired) electrons. The van der Waals surface area contributed by atoms with Crippen molar-refractivity contribution in [1.29, 1.82) is 0 Å². The van der Waals surface area contributed by atoms with E-state index in [9.17, 15) is 9.59 Å². The first-order valence-electron chi connectivity index (χ1n) is 11.3. The molecule has 38 heavy (non-hydrogen) atoms. The standard InChI is InChI=1S/C25H22N8O4S/c1-14-3-4-15(9-27-14)10-29-24(34)18-6-5-17(8-20(18)36-2)32-22-23-30-13-31-33(23)19(11-28-22)16-7-21(38-12-16)37-25(26)35/h3-9,11-13H,10H2,1-2H3,(H2,26,35)(H,28,32)(H,29,34). The van der Waals surface area contributed by atoms with E-state index in [2.05, 4.69) is 30.7 Å². The van der Waals surface area contributed by atoms with Crippen molar-refractivity contribution in [3.8, 4) is 22.1 Å². The molecule has 4 aromatic heterocycles. The molecular formula is C25H22N8O4S.